The Labute approximate surface area is 153 Å². The smallest absolute Gasteiger partial charge is 0.279 e. The fourth-order valence-electron chi connectivity index (χ4n) is 2.77. The van der Waals surface area contributed by atoms with E-state index in [1.54, 1.807) is 12.1 Å². The highest BCUT2D eigenvalue weighted by atomic mass is 32.1. The average Bonchev–Trinajstić information content (AvgIpc) is 3.26. The van der Waals surface area contributed by atoms with Crippen LogP contribution in [0, 0.1) is 6.92 Å². The first-order valence-corrected chi connectivity index (χ1v) is 8.87. The summed E-state index contributed by atoms with van der Waals surface area (Å²) < 4.78 is 5.70. The van der Waals surface area contributed by atoms with Crippen molar-refractivity contribution in [2.75, 3.05) is 0 Å². The van der Waals surface area contributed by atoms with Gasteiger partial charge in [0.15, 0.2) is 0 Å². The molecule has 7 nitrogen and oxygen atoms in total. The lowest BCUT2D eigenvalue weighted by Crippen LogP contribution is -2.42. The molecular weight excluding hydrogens is 352 g/mol. The van der Waals surface area contributed by atoms with E-state index in [-0.39, 0.29) is 18.2 Å². The Bertz CT molecular complexity index is 992. The zero-order valence-corrected chi connectivity index (χ0v) is 14.8. The number of para-hydroxylation sites is 1. The number of amides is 2. The van der Waals surface area contributed by atoms with Gasteiger partial charge in [-0.25, -0.2) is 0 Å². The zero-order valence-electron chi connectivity index (χ0n) is 14.0. The Hall–Kier alpha value is -3.13. The van der Waals surface area contributed by atoms with Gasteiger partial charge >= 0.3 is 0 Å². The lowest BCUT2D eigenvalue weighted by molar-refractivity contribution is -0.121. The lowest BCUT2D eigenvalue weighted by Gasteiger charge is -2.16. The number of benzene rings is 1. The van der Waals surface area contributed by atoms with Crippen LogP contribution in [0.25, 0.3) is 10.4 Å². The van der Waals surface area contributed by atoms with Gasteiger partial charge in [0.2, 0.25) is 5.91 Å². The molecule has 0 atom stereocenters. The van der Waals surface area contributed by atoms with Crippen molar-refractivity contribution in [2.24, 2.45) is 0 Å². The molecule has 3 aromatic rings. The molecule has 0 saturated heterocycles. The van der Waals surface area contributed by atoms with E-state index in [9.17, 15) is 9.59 Å². The van der Waals surface area contributed by atoms with Crippen LogP contribution in [0.1, 0.15) is 26.6 Å². The van der Waals surface area contributed by atoms with Gasteiger partial charge in [0.05, 0.1) is 17.0 Å². The number of hydrogen-bond acceptors (Lipinski definition) is 5. The minimum absolute atomic E-state index is 0.0901. The number of thiophene rings is 1. The predicted molar refractivity (Wildman–Crippen MR) is 96.7 cm³/mol. The van der Waals surface area contributed by atoms with Crippen molar-refractivity contribution in [3.63, 3.8) is 0 Å². The number of aromatic nitrogens is 2. The molecule has 0 spiro atoms. The van der Waals surface area contributed by atoms with Crippen molar-refractivity contribution < 1.29 is 14.3 Å². The molecule has 3 N–H and O–H groups in total. The maximum Gasteiger partial charge on any atom is 0.279 e. The minimum Gasteiger partial charge on any atom is -0.488 e. The predicted octanol–water partition coefficient (Wildman–Crippen LogP) is 2.34. The molecule has 3 heterocycles. The summed E-state index contributed by atoms with van der Waals surface area (Å²) in [5, 5.41) is 6.77. The van der Waals surface area contributed by atoms with Gasteiger partial charge in [-0.15, -0.1) is 11.3 Å². The number of aromatic amines is 1. The number of ether oxygens (including phenoxy) is 1. The topological polar surface area (TPSA) is 96.1 Å². The normalized spacial score (nSPS) is 11.9. The van der Waals surface area contributed by atoms with Gasteiger partial charge in [-0.3, -0.25) is 25.5 Å². The molecule has 0 radical (unpaired) electrons. The second-order valence-corrected chi connectivity index (χ2v) is 7.02. The number of rotatable bonds is 3. The first-order chi connectivity index (χ1) is 12.6. The first kappa shape index (κ1) is 16.3. The summed E-state index contributed by atoms with van der Waals surface area (Å²) in [6.45, 7) is 2.29. The molecule has 2 amide bonds. The maximum absolute atomic E-state index is 12.4. The average molecular weight is 368 g/mol. The van der Waals surface area contributed by atoms with Crippen molar-refractivity contribution in [1.29, 1.82) is 0 Å². The van der Waals surface area contributed by atoms with Crippen LogP contribution in [-0.4, -0.2) is 22.0 Å². The van der Waals surface area contributed by atoms with Crippen LogP contribution in [0.3, 0.4) is 0 Å². The van der Waals surface area contributed by atoms with E-state index in [2.05, 4.69) is 21.0 Å². The van der Waals surface area contributed by atoms with Gasteiger partial charge in [0, 0.05) is 21.7 Å². The Morgan fingerprint density at radius 2 is 2.12 bits per heavy atom. The Balaban J connectivity index is 1.42. The van der Waals surface area contributed by atoms with Crippen LogP contribution in [0.15, 0.2) is 36.4 Å². The Morgan fingerprint density at radius 1 is 1.27 bits per heavy atom. The second-order valence-electron chi connectivity index (χ2n) is 5.97. The first-order valence-electron chi connectivity index (χ1n) is 8.05. The van der Waals surface area contributed by atoms with Crippen molar-refractivity contribution in [3.8, 4) is 16.2 Å². The number of H-pyrrole nitrogens is 1. The lowest BCUT2D eigenvalue weighted by atomic mass is 10.1. The van der Waals surface area contributed by atoms with Crippen LogP contribution in [-0.2, 0) is 17.8 Å². The van der Waals surface area contributed by atoms with Crippen LogP contribution in [0.5, 0.6) is 5.75 Å². The number of aryl methyl sites for hydroxylation is 1. The molecule has 1 aromatic carbocycles. The van der Waals surface area contributed by atoms with E-state index in [0.29, 0.717) is 17.2 Å². The Kier molecular flexibility index (Phi) is 4.18. The monoisotopic (exact) mass is 368 g/mol. The third-order valence-corrected chi connectivity index (χ3v) is 5.17. The van der Waals surface area contributed by atoms with Gasteiger partial charge in [0.25, 0.3) is 5.91 Å². The number of hydrogen-bond donors (Lipinski definition) is 3. The summed E-state index contributed by atoms with van der Waals surface area (Å²) in [5.41, 5.74) is 8.32. The summed E-state index contributed by atoms with van der Waals surface area (Å²) in [6.07, 6.45) is 0.0901. The van der Waals surface area contributed by atoms with Gasteiger partial charge in [0.1, 0.15) is 12.4 Å². The van der Waals surface area contributed by atoms with E-state index in [4.69, 9.17) is 4.74 Å². The molecule has 2 aromatic heterocycles. The maximum atomic E-state index is 12.4. The summed E-state index contributed by atoms with van der Waals surface area (Å²) in [7, 11) is 0. The number of hydrazine groups is 1. The van der Waals surface area contributed by atoms with Crippen LogP contribution in [0.4, 0.5) is 0 Å². The van der Waals surface area contributed by atoms with E-state index < -0.39 is 0 Å². The van der Waals surface area contributed by atoms with Crippen molar-refractivity contribution in [3.05, 3.63) is 58.2 Å². The number of nitrogens with one attached hydrogen (secondary N) is 3. The number of fused-ring (bicyclic) bond motifs is 3. The SMILES string of the molecule is Cc1cc(CC(=O)NNC(=O)c2cc3c(s2)-c2ccccc2OC3)n[nH]1. The number of nitrogens with zero attached hydrogens (tertiary/aromatic N) is 1. The molecule has 8 heteroatoms. The summed E-state index contributed by atoms with van der Waals surface area (Å²) in [6, 6.07) is 11.3. The van der Waals surface area contributed by atoms with Crippen molar-refractivity contribution in [2.45, 2.75) is 20.0 Å². The molecule has 0 bridgehead atoms. The molecule has 1 aliphatic heterocycles. The van der Waals surface area contributed by atoms with Crippen LogP contribution < -0.4 is 15.6 Å². The fraction of sp³-hybridized carbons (Fsp3) is 0.167. The van der Waals surface area contributed by atoms with Crippen LogP contribution >= 0.6 is 11.3 Å². The molecular formula is C18H16N4O3S. The fourth-order valence-corrected chi connectivity index (χ4v) is 3.87. The standard InChI is InChI=1S/C18H16N4O3S/c1-10-6-12(20-19-10)8-16(23)21-22-18(24)15-7-11-9-25-14-5-3-2-4-13(14)17(11)26-15/h2-7H,8-9H2,1H3,(H,19,20)(H,21,23)(H,22,24). The molecule has 1 aliphatic rings. The molecule has 0 unspecified atom stereocenters. The van der Waals surface area contributed by atoms with Gasteiger partial charge < -0.3 is 4.74 Å². The van der Waals surface area contributed by atoms with E-state index in [1.165, 1.54) is 11.3 Å². The zero-order chi connectivity index (χ0) is 18.1. The minimum atomic E-state index is -0.353. The van der Waals surface area contributed by atoms with Gasteiger partial charge in [-0.1, -0.05) is 12.1 Å². The Morgan fingerprint density at radius 3 is 2.92 bits per heavy atom. The van der Waals surface area contributed by atoms with Crippen molar-refractivity contribution in [1.82, 2.24) is 21.0 Å². The summed E-state index contributed by atoms with van der Waals surface area (Å²) >= 11 is 1.38. The largest absolute Gasteiger partial charge is 0.488 e. The molecule has 0 saturated carbocycles. The molecule has 132 valence electrons. The number of carbonyl (C=O) groups is 2. The summed E-state index contributed by atoms with van der Waals surface area (Å²) in [4.78, 5) is 25.8. The van der Waals surface area contributed by atoms with Gasteiger partial charge in [-0.05, 0) is 31.2 Å². The van der Waals surface area contributed by atoms with E-state index >= 15 is 0 Å². The third-order valence-electron chi connectivity index (χ3n) is 3.96. The van der Waals surface area contributed by atoms with Crippen molar-refractivity contribution >= 4 is 23.2 Å². The highest BCUT2D eigenvalue weighted by molar-refractivity contribution is 7.17. The van der Waals surface area contributed by atoms with Gasteiger partial charge in [-0.2, -0.15) is 5.10 Å². The number of carbonyl (C=O) groups excluding carboxylic acids is 2. The molecule has 4 rings (SSSR count). The quantitative estimate of drug-likeness (QED) is 0.618. The van der Waals surface area contributed by atoms with E-state index in [0.717, 1.165) is 27.4 Å². The van der Waals surface area contributed by atoms with Crippen LogP contribution in [0.2, 0.25) is 0 Å². The third kappa shape index (κ3) is 3.18. The van der Waals surface area contributed by atoms with E-state index in [1.807, 2.05) is 31.2 Å². The molecule has 0 fully saturated rings. The second kappa shape index (κ2) is 6.64. The molecule has 0 aliphatic carbocycles. The highest BCUT2D eigenvalue weighted by Crippen LogP contribution is 2.42. The molecule has 26 heavy (non-hydrogen) atoms. The summed E-state index contributed by atoms with van der Waals surface area (Å²) in [5.74, 6) is 0.129. The highest BCUT2D eigenvalue weighted by Gasteiger charge is 2.22.